The Morgan fingerprint density at radius 1 is 1.29 bits per heavy atom. The summed E-state index contributed by atoms with van der Waals surface area (Å²) in [6.07, 6.45) is 5.11. The predicted octanol–water partition coefficient (Wildman–Crippen LogP) is 3.09. The molecule has 0 aromatic carbocycles. The van der Waals surface area contributed by atoms with Crippen molar-refractivity contribution in [3.8, 4) is 0 Å². The van der Waals surface area contributed by atoms with Gasteiger partial charge in [-0.05, 0) is 51.6 Å². The van der Waals surface area contributed by atoms with Crippen molar-refractivity contribution in [2.75, 3.05) is 6.61 Å². The quantitative estimate of drug-likeness (QED) is 0.542. The summed E-state index contributed by atoms with van der Waals surface area (Å²) in [6.45, 7) is 9.40. The zero-order chi connectivity index (χ0) is 12.5. The van der Waals surface area contributed by atoms with Gasteiger partial charge in [0, 0.05) is 12.7 Å². The average molecular weight is 258 g/mol. The van der Waals surface area contributed by atoms with E-state index in [0.717, 1.165) is 12.7 Å². The lowest BCUT2D eigenvalue weighted by Crippen LogP contribution is -2.43. The van der Waals surface area contributed by atoms with E-state index in [-0.39, 0.29) is 0 Å². The number of ether oxygens (including phenoxy) is 1. The summed E-state index contributed by atoms with van der Waals surface area (Å²) in [4.78, 5) is 0. The van der Waals surface area contributed by atoms with Gasteiger partial charge in [-0.3, -0.25) is 0 Å². The van der Waals surface area contributed by atoms with Gasteiger partial charge in [0.05, 0.1) is 12.2 Å². The zero-order valence-corrected chi connectivity index (χ0v) is 12.6. The zero-order valence-electron chi connectivity index (χ0n) is 11.6. The van der Waals surface area contributed by atoms with Crippen LogP contribution in [0.4, 0.5) is 0 Å². The van der Waals surface area contributed by atoms with E-state index in [9.17, 15) is 0 Å². The molecule has 0 aromatic heterocycles. The Morgan fingerprint density at radius 3 is 2.65 bits per heavy atom. The normalized spacial score (nSPS) is 37.1. The molecule has 1 aliphatic heterocycles. The van der Waals surface area contributed by atoms with Crippen LogP contribution in [-0.2, 0) is 13.6 Å². The molecule has 100 valence electrons. The van der Waals surface area contributed by atoms with Crippen molar-refractivity contribution < 1.29 is 13.6 Å². The van der Waals surface area contributed by atoms with Crippen LogP contribution in [0.1, 0.15) is 40.0 Å². The molecule has 17 heavy (non-hydrogen) atoms. The van der Waals surface area contributed by atoms with E-state index in [1.165, 1.54) is 19.3 Å². The largest absolute Gasteiger partial charge is 0.395 e. The molecule has 4 heteroatoms. The second-order valence-electron chi connectivity index (χ2n) is 5.53. The van der Waals surface area contributed by atoms with E-state index in [1.54, 1.807) is 0 Å². The molecular weight excluding hydrogens is 232 g/mol. The van der Waals surface area contributed by atoms with Gasteiger partial charge in [0.15, 0.2) is 0 Å². The molecule has 0 radical (unpaired) electrons. The Balaban J connectivity index is 1.83. The van der Waals surface area contributed by atoms with Crippen molar-refractivity contribution in [1.82, 2.24) is 0 Å². The maximum atomic E-state index is 6.29. The highest BCUT2D eigenvalue weighted by molar-refractivity contribution is 6.65. The Kier molecular flexibility index (Phi) is 4.29. The SMILES string of the molecule is CCO[Si](C)(CC)OC(C)C1CCC2OC2C1. The Labute approximate surface area is 106 Å². The van der Waals surface area contributed by atoms with Crippen LogP contribution < -0.4 is 0 Å². The number of hydrogen-bond acceptors (Lipinski definition) is 3. The highest BCUT2D eigenvalue weighted by Gasteiger charge is 2.46. The van der Waals surface area contributed by atoms with Crippen LogP contribution in [-0.4, -0.2) is 33.5 Å². The van der Waals surface area contributed by atoms with Gasteiger partial charge in [0.25, 0.3) is 0 Å². The first-order valence-electron chi connectivity index (χ1n) is 7.05. The lowest BCUT2D eigenvalue weighted by Gasteiger charge is -2.34. The number of hydrogen-bond donors (Lipinski definition) is 0. The van der Waals surface area contributed by atoms with Gasteiger partial charge in [0.2, 0.25) is 0 Å². The van der Waals surface area contributed by atoms with Gasteiger partial charge in [-0.15, -0.1) is 0 Å². The highest BCUT2D eigenvalue weighted by atomic mass is 28.4. The maximum Gasteiger partial charge on any atom is 0.334 e. The van der Waals surface area contributed by atoms with Gasteiger partial charge in [0.1, 0.15) is 0 Å². The number of rotatable bonds is 6. The first-order chi connectivity index (χ1) is 8.08. The van der Waals surface area contributed by atoms with Crippen LogP contribution in [0.3, 0.4) is 0 Å². The first kappa shape index (κ1) is 13.5. The van der Waals surface area contributed by atoms with Gasteiger partial charge in [-0.2, -0.15) is 0 Å². The molecule has 2 rings (SSSR count). The number of epoxide rings is 1. The minimum Gasteiger partial charge on any atom is -0.395 e. The second kappa shape index (κ2) is 5.39. The van der Waals surface area contributed by atoms with E-state index < -0.39 is 8.56 Å². The van der Waals surface area contributed by atoms with Crippen LogP contribution in [0, 0.1) is 5.92 Å². The van der Waals surface area contributed by atoms with Gasteiger partial charge in [-0.1, -0.05) is 6.92 Å². The topological polar surface area (TPSA) is 31.0 Å². The van der Waals surface area contributed by atoms with E-state index in [0.29, 0.717) is 24.2 Å². The van der Waals surface area contributed by atoms with E-state index >= 15 is 0 Å². The molecule has 1 saturated heterocycles. The third kappa shape index (κ3) is 3.31. The van der Waals surface area contributed by atoms with Crippen molar-refractivity contribution in [2.45, 2.75) is 70.9 Å². The molecule has 2 aliphatic rings. The molecule has 1 saturated carbocycles. The molecule has 3 nitrogen and oxygen atoms in total. The standard InChI is InChI=1S/C13H26O3Si/c1-5-14-17(4,6-2)16-10(3)11-7-8-12-13(9-11)15-12/h10-13H,5-9H2,1-4H3. The summed E-state index contributed by atoms with van der Waals surface area (Å²) in [5.41, 5.74) is 0. The van der Waals surface area contributed by atoms with Gasteiger partial charge >= 0.3 is 8.56 Å². The summed E-state index contributed by atoms with van der Waals surface area (Å²) in [5.74, 6) is 0.664. The van der Waals surface area contributed by atoms with Crippen molar-refractivity contribution in [2.24, 2.45) is 5.92 Å². The molecule has 0 spiro atoms. The first-order valence-corrected chi connectivity index (χ1v) is 9.57. The van der Waals surface area contributed by atoms with Crippen molar-refractivity contribution in [3.63, 3.8) is 0 Å². The Hall–Kier alpha value is 0.0969. The maximum absolute atomic E-state index is 6.29. The van der Waals surface area contributed by atoms with Crippen molar-refractivity contribution in [1.29, 1.82) is 0 Å². The van der Waals surface area contributed by atoms with Crippen LogP contribution in [0.25, 0.3) is 0 Å². The smallest absolute Gasteiger partial charge is 0.334 e. The van der Waals surface area contributed by atoms with Crippen LogP contribution in [0.2, 0.25) is 12.6 Å². The Bertz CT molecular complexity index is 261. The molecule has 2 fully saturated rings. The highest BCUT2D eigenvalue weighted by Crippen LogP contribution is 2.41. The van der Waals surface area contributed by atoms with Crippen LogP contribution >= 0.6 is 0 Å². The minimum atomic E-state index is -1.92. The Morgan fingerprint density at radius 2 is 2.06 bits per heavy atom. The molecule has 1 heterocycles. The summed E-state index contributed by atoms with van der Waals surface area (Å²) in [7, 11) is -1.92. The molecule has 0 aromatic rings. The van der Waals surface area contributed by atoms with E-state index in [4.69, 9.17) is 13.6 Å². The van der Waals surface area contributed by atoms with E-state index in [1.807, 2.05) is 0 Å². The summed E-state index contributed by atoms with van der Waals surface area (Å²) in [6, 6.07) is 1.03. The van der Waals surface area contributed by atoms with Gasteiger partial charge in [-0.25, -0.2) is 0 Å². The monoisotopic (exact) mass is 258 g/mol. The minimum absolute atomic E-state index is 0.323. The molecule has 0 bridgehead atoms. The fraction of sp³-hybridized carbons (Fsp3) is 1.00. The lowest BCUT2D eigenvalue weighted by molar-refractivity contribution is 0.0769. The molecule has 0 amide bonds. The fourth-order valence-electron chi connectivity index (χ4n) is 2.88. The lowest BCUT2D eigenvalue weighted by atomic mass is 9.86. The number of fused-ring (bicyclic) bond motifs is 1. The summed E-state index contributed by atoms with van der Waals surface area (Å²) in [5, 5.41) is 0. The average Bonchev–Trinajstić information content (AvgIpc) is 3.07. The third-order valence-electron chi connectivity index (χ3n) is 4.24. The summed E-state index contributed by atoms with van der Waals surface area (Å²) < 4.78 is 17.7. The van der Waals surface area contributed by atoms with Crippen molar-refractivity contribution >= 4 is 8.56 Å². The fourth-order valence-corrected chi connectivity index (χ4v) is 4.90. The predicted molar refractivity (Wildman–Crippen MR) is 70.3 cm³/mol. The van der Waals surface area contributed by atoms with Crippen molar-refractivity contribution in [3.05, 3.63) is 0 Å². The van der Waals surface area contributed by atoms with E-state index in [2.05, 4.69) is 27.3 Å². The molecule has 5 atom stereocenters. The molecule has 5 unspecified atom stereocenters. The molecular formula is C13H26O3Si. The second-order valence-corrected chi connectivity index (χ2v) is 9.03. The third-order valence-corrected chi connectivity index (χ3v) is 7.29. The molecule has 0 N–H and O–H groups in total. The van der Waals surface area contributed by atoms with Crippen LogP contribution in [0.5, 0.6) is 0 Å². The summed E-state index contributed by atoms with van der Waals surface area (Å²) >= 11 is 0. The molecule has 1 aliphatic carbocycles. The van der Waals surface area contributed by atoms with Gasteiger partial charge < -0.3 is 13.6 Å². The van der Waals surface area contributed by atoms with Crippen LogP contribution in [0.15, 0.2) is 0 Å².